The van der Waals surface area contributed by atoms with Crippen LogP contribution >= 0.6 is 39.5 Å². The Labute approximate surface area is 187 Å². The minimum Gasteiger partial charge on any atom is -0.323 e. The van der Waals surface area contributed by atoms with Crippen molar-refractivity contribution in [1.29, 1.82) is 5.26 Å². The maximum absolute atomic E-state index is 12.8. The third-order valence-electron chi connectivity index (χ3n) is 5.19. The van der Waals surface area contributed by atoms with Crippen molar-refractivity contribution in [1.82, 2.24) is 5.32 Å². The van der Waals surface area contributed by atoms with Gasteiger partial charge in [0.05, 0.1) is 5.56 Å². The van der Waals surface area contributed by atoms with E-state index in [1.165, 1.54) is 4.88 Å². The number of hydrogen-bond donors (Lipinski definition) is 2. The highest BCUT2D eigenvalue weighted by Gasteiger charge is 2.24. The first kappa shape index (κ1) is 20.0. The summed E-state index contributed by atoms with van der Waals surface area (Å²) in [5.41, 5.74) is 2.33. The van der Waals surface area contributed by atoms with Crippen LogP contribution in [0.4, 0.5) is 5.00 Å². The number of carbonyl (C=O) groups excluding carboxylic acids is 1. The molecule has 2 N–H and O–H groups in total. The highest BCUT2D eigenvalue weighted by atomic mass is 79.9. The zero-order chi connectivity index (χ0) is 20.5. The quantitative estimate of drug-likeness (QED) is 0.452. The van der Waals surface area contributed by atoms with Gasteiger partial charge in [-0.1, -0.05) is 47.1 Å². The lowest BCUT2D eigenvalue weighted by Crippen LogP contribution is -2.34. The fraction of sp³-hybridized carbons (Fsp3) is 0.227. The van der Waals surface area contributed by atoms with Gasteiger partial charge in [0.15, 0.2) is 5.11 Å². The second-order valence-corrected chi connectivity index (χ2v) is 9.58. The third kappa shape index (κ3) is 3.93. The molecule has 2 aromatic carbocycles. The van der Waals surface area contributed by atoms with Crippen LogP contribution in [0.5, 0.6) is 0 Å². The molecule has 0 bridgehead atoms. The summed E-state index contributed by atoms with van der Waals surface area (Å²) in [5, 5.41) is 18.2. The minimum atomic E-state index is -0.278. The number of thiophene rings is 1. The van der Waals surface area contributed by atoms with Gasteiger partial charge in [0.2, 0.25) is 0 Å². The van der Waals surface area contributed by atoms with E-state index in [1.807, 2.05) is 30.3 Å². The highest BCUT2D eigenvalue weighted by molar-refractivity contribution is 9.10. The summed E-state index contributed by atoms with van der Waals surface area (Å²) in [5.74, 6) is 0.345. The number of thiocarbonyl (C=S) groups is 1. The van der Waals surface area contributed by atoms with E-state index < -0.39 is 0 Å². The molecular formula is C22H18BrN3OS2. The third-order valence-corrected chi connectivity index (χ3v) is 7.26. The Hall–Kier alpha value is -2.27. The Morgan fingerprint density at radius 2 is 2.03 bits per heavy atom. The molecule has 0 saturated carbocycles. The van der Waals surface area contributed by atoms with Gasteiger partial charge < -0.3 is 5.32 Å². The van der Waals surface area contributed by atoms with Gasteiger partial charge in [0.1, 0.15) is 11.1 Å². The van der Waals surface area contributed by atoms with Gasteiger partial charge in [0, 0.05) is 14.9 Å². The van der Waals surface area contributed by atoms with Crippen molar-refractivity contribution in [2.24, 2.45) is 5.92 Å². The van der Waals surface area contributed by atoms with Crippen molar-refractivity contribution in [2.45, 2.75) is 26.2 Å². The first-order valence-electron chi connectivity index (χ1n) is 9.32. The predicted octanol–water partition coefficient (Wildman–Crippen LogP) is 5.79. The van der Waals surface area contributed by atoms with Gasteiger partial charge in [-0.25, -0.2) is 0 Å². The molecule has 0 fully saturated rings. The molecule has 4 nitrogen and oxygen atoms in total. The normalized spacial score (nSPS) is 15.4. The van der Waals surface area contributed by atoms with Gasteiger partial charge in [0.25, 0.3) is 5.91 Å². The van der Waals surface area contributed by atoms with Gasteiger partial charge in [-0.3, -0.25) is 10.1 Å². The van der Waals surface area contributed by atoms with Crippen LogP contribution in [0, 0.1) is 17.2 Å². The van der Waals surface area contributed by atoms with Gasteiger partial charge in [-0.2, -0.15) is 5.26 Å². The van der Waals surface area contributed by atoms with Crippen LogP contribution < -0.4 is 10.6 Å². The summed E-state index contributed by atoms with van der Waals surface area (Å²) in [7, 11) is 0. The molecule has 146 valence electrons. The molecule has 7 heteroatoms. The van der Waals surface area contributed by atoms with Crippen LogP contribution in [-0.2, 0) is 12.8 Å². The van der Waals surface area contributed by atoms with Crippen LogP contribution in [0.25, 0.3) is 10.8 Å². The average Bonchev–Trinajstić information content (AvgIpc) is 3.03. The van der Waals surface area contributed by atoms with E-state index in [0.29, 0.717) is 17.0 Å². The number of halogens is 1. The molecule has 1 atom stereocenters. The number of carbonyl (C=O) groups is 1. The molecule has 3 aromatic rings. The summed E-state index contributed by atoms with van der Waals surface area (Å²) < 4.78 is 0.933. The molecule has 0 radical (unpaired) electrons. The van der Waals surface area contributed by atoms with Crippen LogP contribution in [0.2, 0.25) is 0 Å². The van der Waals surface area contributed by atoms with Crippen LogP contribution in [0.1, 0.15) is 39.7 Å². The number of amides is 1. The van der Waals surface area contributed by atoms with Crippen LogP contribution in [0.3, 0.4) is 0 Å². The zero-order valence-electron chi connectivity index (χ0n) is 15.7. The number of hydrogen-bond acceptors (Lipinski definition) is 4. The van der Waals surface area contributed by atoms with Crippen LogP contribution in [0.15, 0.2) is 40.9 Å². The monoisotopic (exact) mass is 483 g/mol. The van der Waals surface area contributed by atoms with Crippen molar-refractivity contribution in [3.05, 3.63) is 62.4 Å². The molecule has 1 amide bonds. The van der Waals surface area contributed by atoms with E-state index in [4.69, 9.17) is 12.2 Å². The zero-order valence-corrected chi connectivity index (χ0v) is 18.9. The second kappa shape index (κ2) is 8.23. The maximum atomic E-state index is 12.8. The number of nitriles is 1. The minimum absolute atomic E-state index is 0.199. The van der Waals surface area contributed by atoms with Gasteiger partial charge in [-0.15, -0.1) is 11.3 Å². The maximum Gasteiger partial charge on any atom is 0.258 e. The lowest BCUT2D eigenvalue weighted by Gasteiger charge is -2.17. The fourth-order valence-corrected chi connectivity index (χ4v) is 5.85. The number of benzene rings is 2. The van der Waals surface area contributed by atoms with E-state index in [0.717, 1.165) is 45.1 Å². The second-order valence-electron chi connectivity index (χ2n) is 7.22. The summed E-state index contributed by atoms with van der Waals surface area (Å²) in [6.45, 7) is 2.23. The van der Waals surface area contributed by atoms with E-state index in [9.17, 15) is 10.1 Å². The highest BCUT2D eigenvalue weighted by Crippen LogP contribution is 2.39. The summed E-state index contributed by atoms with van der Waals surface area (Å²) in [6, 6.07) is 13.6. The predicted molar refractivity (Wildman–Crippen MR) is 126 cm³/mol. The standard InChI is InChI=1S/C22H18BrN3OS2/c1-12-8-9-15-17(11-24)21(29-19(15)10-12)26-22(28)25-20(27)16-6-2-5-14-13(16)4-3-7-18(14)23/h2-7,12H,8-10H2,1H3,(H2,25,26,27,28). The molecule has 1 unspecified atom stereocenters. The van der Waals surface area contributed by atoms with Crippen molar-refractivity contribution >= 4 is 66.3 Å². The Bertz CT molecular complexity index is 1180. The molecule has 1 aromatic heterocycles. The van der Waals surface area contributed by atoms with E-state index in [-0.39, 0.29) is 11.0 Å². The average molecular weight is 484 g/mol. The van der Waals surface area contributed by atoms with E-state index in [2.05, 4.69) is 39.6 Å². The molecule has 1 aliphatic carbocycles. The van der Waals surface area contributed by atoms with Crippen LogP contribution in [-0.4, -0.2) is 11.0 Å². The molecule has 4 rings (SSSR count). The van der Waals surface area contributed by atoms with E-state index >= 15 is 0 Å². The topological polar surface area (TPSA) is 64.9 Å². The van der Waals surface area contributed by atoms with Gasteiger partial charge >= 0.3 is 0 Å². The number of nitrogens with zero attached hydrogens (tertiary/aromatic N) is 1. The van der Waals surface area contributed by atoms with Gasteiger partial charge in [-0.05, 0) is 65.9 Å². The number of nitrogens with one attached hydrogen (secondary N) is 2. The van der Waals surface area contributed by atoms with Crippen molar-refractivity contribution in [3.8, 4) is 6.07 Å². The Kier molecular flexibility index (Phi) is 5.68. The molecule has 1 heterocycles. The molecular weight excluding hydrogens is 466 g/mol. The summed E-state index contributed by atoms with van der Waals surface area (Å²) >= 11 is 10.5. The Morgan fingerprint density at radius 3 is 2.83 bits per heavy atom. The molecule has 0 aliphatic heterocycles. The first-order chi connectivity index (χ1) is 14.0. The number of rotatable bonds is 2. The lowest BCUT2D eigenvalue weighted by atomic mass is 9.89. The van der Waals surface area contributed by atoms with Crippen molar-refractivity contribution in [2.75, 3.05) is 5.32 Å². The SMILES string of the molecule is CC1CCc2c(sc(NC(=S)NC(=O)c3cccc4c(Br)cccc34)c2C#N)C1. The lowest BCUT2D eigenvalue weighted by molar-refractivity contribution is 0.0979. The fourth-order valence-electron chi connectivity index (χ4n) is 3.73. The van der Waals surface area contributed by atoms with Crippen molar-refractivity contribution < 1.29 is 4.79 Å². The van der Waals surface area contributed by atoms with Crippen molar-refractivity contribution in [3.63, 3.8) is 0 Å². The first-order valence-corrected chi connectivity index (χ1v) is 11.3. The largest absolute Gasteiger partial charge is 0.323 e. The molecule has 29 heavy (non-hydrogen) atoms. The smallest absolute Gasteiger partial charge is 0.258 e. The Balaban J connectivity index is 1.55. The number of fused-ring (bicyclic) bond motifs is 2. The molecule has 0 saturated heterocycles. The number of anilines is 1. The molecule has 1 aliphatic rings. The summed E-state index contributed by atoms with van der Waals surface area (Å²) in [4.78, 5) is 14.1. The Morgan fingerprint density at radius 1 is 1.28 bits per heavy atom. The van der Waals surface area contributed by atoms with E-state index in [1.54, 1.807) is 17.4 Å². The molecule has 0 spiro atoms. The summed E-state index contributed by atoms with van der Waals surface area (Å²) in [6.07, 6.45) is 3.00.